The fourth-order valence-electron chi connectivity index (χ4n) is 1.59. The number of aromatic nitrogens is 2. The Morgan fingerprint density at radius 2 is 2.21 bits per heavy atom. The lowest BCUT2D eigenvalue weighted by Gasteiger charge is -2.05. The smallest absolute Gasteiger partial charge is 0.321 e. The van der Waals surface area contributed by atoms with Gasteiger partial charge in [-0.15, -0.1) is 16.4 Å². The van der Waals surface area contributed by atoms with Gasteiger partial charge in [-0.2, -0.15) is 0 Å². The van der Waals surface area contributed by atoms with Gasteiger partial charge in [0.15, 0.2) is 4.34 Å². The summed E-state index contributed by atoms with van der Waals surface area (Å²) in [5.74, 6) is -0.288. The molecule has 0 saturated carbocycles. The zero-order valence-electron chi connectivity index (χ0n) is 13.3. The molecular weight excluding hydrogens is 368 g/mol. The molecule has 24 heavy (non-hydrogen) atoms. The van der Waals surface area contributed by atoms with E-state index in [-0.39, 0.29) is 17.8 Å². The van der Waals surface area contributed by atoms with Crippen LogP contribution in [0.4, 0.5) is 4.79 Å². The lowest BCUT2D eigenvalue weighted by molar-refractivity contribution is -0.117. The molecule has 0 bridgehead atoms. The quantitative estimate of drug-likeness (QED) is 0.677. The van der Waals surface area contributed by atoms with Crippen LogP contribution in [0.25, 0.3) is 0 Å². The summed E-state index contributed by atoms with van der Waals surface area (Å²) in [6, 6.07) is 3.48. The van der Waals surface area contributed by atoms with Crippen LogP contribution in [0.3, 0.4) is 0 Å². The Bertz CT molecular complexity index is 658. The van der Waals surface area contributed by atoms with Crippen molar-refractivity contribution in [1.82, 2.24) is 20.8 Å². The molecule has 0 unspecified atom stereocenters. The Balaban J connectivity index is 1.63. The van der Waals surface area contributed by atoms with E-state index in [0.29, 0.717) is 16.1 Å². The van der Waals surface area contributed by atoms with Crippen LogP contribution in [0.15, 0.2) is 21.9 Å². The lowest BCUT2D eigenvalue weighted by atomic mass is 10.3. The third-order valence-corrected chi connectivity index (χ3v) is 5.42. The normalized spacial score (nSPS) is 10.6. The van der Waals surface area contributed by atoms with Gasteiger partial charge in [0.1, 0.15) is 0 Å². The van der Waals surface area contributed by atoms with E-state index in [1.54, 1.807) is 11.3 Å². The summed E-state index contributed by atoms with van der Waals surface area (Å²) >= 11 is 4.12. The Morgan fingerprint density at radius 1 is 1.38 bits per heavy atom. The molecule has 0 spiro atoms. The third-order valence-electron chi connectivity index (χ3n) is 2.54. The predicted octanol–water partition coefficient (Wildman–Crippen LogP) is 2.55. The second kappa shape index (κ2) is 9.60. The molecule has 0 aromatic carbocycles. The SMILES string of the molecule is CC(C)Oc1nnc(SCC(=O)NC(=O)NCCc2cccs2)s1. The molecule has 10 heteroatoms. The second-order valence-electron chi connectivity index (χ2n) is 4.92. The van der Waals surface area contributed by atoms with Crippen molar-refractivity contribution in [2.75, 3.05) is 12.3 Å². The van der Waals surface area contributed by atoms with Gasteiger partial charge in [-0.25, -0.2) is 4.79 Å². The Labute approximate surface area is 152 Å². The van der Waals surface area contributed by atoms with Crippen LogP contribution in [-0.2, 0) is 11.2 Å². The van der Waals surface area contributed by atoms with Gasteiger partial charge in [-0.1, -0.05) is 22.9 Å². The maximum atomic E-state index is 11.7. The van der Waals surface area contributed by atoms with Crippen LogP contribution in [0, 0.1) is 0 Å². The highest BCUT2D eigenvalue weighted by Gasteiger charge is 2.12. The maximum Gasteiger partial charge on any atom is 0.321 e. The van der Waals surface area contributed by atoms with Gasteiger partial charge in [0.25, 0.3) is 5.19 Å². The van der Waals surface area contributed by atoms with Crippen molar-refractivity contribution in [3.63, 3.8) is 0 Å². The predicted molar refractivity (Wildman–Crippen MR) is 96.0 cm³/mol. The summed E-state index contributed by atoms with van der Waals surface area (Å²) in [6.45, 7) is 4.29. The fourth-order valence-corrected chi connectivity index (χ4v) is 3.91. The van der Waals surface area contributed by atoms with Gasteiger partial charge in [-0.3, -0.25) is 10.1 Å². The summed E-state index contributed by atoms with van der Waals surface area (Å²) in [5.41, 5.74) is 0. The minimum atomic E-state index is -0.488. The molecule has 2 aromatic rings. The number of hydrogen-bond donors (Lipinski definition) is 2. The highest BCUT2D eigenvalue weighted by atomic mass is 32.2. The number of imide groups is 1. The van der Waals surface area contributed by atoms with Crippen LogP contribution >= 0.6 is 34.4 Å². The van der Waals surface area contributed by atoms with Gasteiger partial charge in [0.05, 0.1) is 11.9 Å². The number of ether oxygens (including phenoxy) is 1. The Kier molecular flexibility index (Phi) is 7.47. The van der Waals surface area contributed by atoms with Crippen molar-refractivity contribution in [2.45, 2.75) is 30.7 Å². The van der Waals surface area contributed by atoms with Crippen LogP contribution in [0.5, 0.6) is 5.19 Å². The van der Waals surface area contributed by atoms with Crippen LogP contribution < -0.4 is 15.4 Å². The van der Waals surface area contributed by atoms with Gasteiger partial charge in [-0.05, 0) is 43.1 Å². The van der Waals surface area contributed by atoms with Gasteiger partial charge >= 0.3 is 6.03 Å². The highest BCUT2D eigenvalue weighted by molar-refractivity contribution is 8.01. The molecule has 0 fully saturated rings. The number of thiophene rings is 1. The van der Waals surface area contributed by atoms with Crippen molar-refractivity contribution in [2.24, 2.45) is 0 Å². The van der Waals surface area contributed by atoms with Crippen LogP contribution in [0.2, 0.25) is 0 Å². The third kappa shape index (κ3) is 6.85. The topological polar surface area (TPSA) is 93.2 Å². The average Bonchev–Trinajstić information content (AvgIpc) is 3.16. The van der Waals surface area contributed by atoms with Crippen molar-refractivity contribution in [1.29, 1.82) is 0 Å². The number of thioether (sulfide) groups is 1. The fraction of sp³-hybridized carbons (Fsp3) is 0.429. The highest BCUT2D eigenvalue weighted by Crippen LogP contribution is 2.27. The van der Waals surface area contributed by atoms with E-state index in [1.807, 2.05) is 31.4 Å². The Hall–Kier alpha value is -1.65. The van der Waals surface area contributed by atoms with Gasteiger partial charge in [0.2, 0.25) is 5.91 Å². The molecule has 0 atom stereocenters. The second-order valence-corrected chi connectivity index (χ2v) is 8.12. The summed E-state index contributed by atoms with van der Waals surface area (Å²) < 4.78 is 6.03. The minimum absolute atomic E-state index is 0.0250. The van der Waals surface area contributed by atoms with E-state index >= 15 is 0 Å². The van der Waals surface area contributed by atoms with Crippen molar-refractivity contribution < 1.29 is 14.3 Å². The molecule has 130 valence electrons. The molecule has 0 aliphatic heterocycles. The number of rotatable bonds is 8. The number of nitrogens with zero attached hydrogens (tertiary/aromatic N) is 2. The lowest BCUT2D eigenvalue weighted by Crippen LogP contribution is -2.41. The molecule has 0 saturated heterocycles. The summed E-state index contributed by atoms with van der Waals surface area (Å²) in [7, 11) is 0. The number of carbonyl (C=O) groups is 2. The van der Waals surface area contributed by atoms with E-state index in [2.05, 4.69) is 20.8 Å². The van der Waals surface area contributed by atoms with Gasteiger partial charge in [0, 0.05) is 11.4 Å². The van der Waals surface area contributed by atoms with E-state index in [1.165, 1.54) is 28.0 Å². The zero-order chi connectivity index (χ0) is 17.4. The molecule has 2 aromatic heterocycles. The van der Waals surface area contributed by atoms with Crippen molar-refractivity contribution in [3.05, 3.63) is 22.4 Å². The van der Waals surface area contributed by atoms with Crippen molar-refractivity contribution >= 4 is 46.4 Å². The monoisotopic (exact) mass is 386 g/mol. The number of urea groups is 1. The van der Waals surface area contributed by atoms with E-state index in [9.17, 15) is 9.59 Å². The standard InChI is InChI=1S/C14H18N4O3S3/c1-9(2)21-13-17-18-14(24-13)23-8-11(19)16-12(20)15-6-5-10-4-3-7-22-10/h3-4,7,9H,5-6,8H2,1-2H3,(H2,15,16,19,20). The first-order valence-corrected chi connectivity index (χ1v) is 9.94. The van der Waals surface area contributed by atoms with Crippen LogP contribution in [-0.4, -0.2) is 40.5 Å². The molecule has 0 radical (unpaired) electrons. The maximum absolute atomic E-state index is 11.7. The van der Waals surface area contributed by atoms with Crippen molar-refractivity contribution in [3.8, 4) is 5.19 Å². The minimum Gasteiger partial charge on any atom is -0.466 e. The van der Waals surface area contributed by atoms with Gasteiger partial charge < -0.3 is 10.1 Å². The summed E-state index contributed by atoms with van der Waals surface area (Å²) in [6.07, 6.45) is 0.772. The molecule has 0 aliphatic rings. The summed E-state index contributed by atoms with van der Waals surface area (Å²) in [4.78, 5) is 24.5. The average molecular weight is 387 g/mol. The molecule has 0 aliphatic carbocycles. The first kappa shape index (κ1) is 18.7. The molecule has 3 amide bonds. The number of carbonyl (C=O) groups excluding carboxylic acids is 2. The molecule has 7 nitrogen and oxygen atoms in total. The zero-order valence-corrected chi connectivity index (χ0v) is 15.7. The Morgan fingerprint density at radius 3 is 2.92 bits per heavy atom. The number of amides is 3. The molecular formula is C14H18N4O3S3. The molecule has 2 N–H and O–H groups in total. The van der Waals surface area contributed by atoms with Crippen LogP contribution in [0.1, 0.15) is 18.7 Å². The first-order chi connectivity index (χ1) is 11.5. The van der Waals surface area contributed by atoms with E-state index in [4.69, 9.17) is 4.74 Å². The largest absolute Gasteiger partial charge is 0.466 e. The first-order valence-electron chi connectivity index (χ1n) is 7.26. The van der Waals surface area contributed by atoms with E-state index < -0.39 is 6.03 Å². The summed E-state index contributed by atoms with van der Waals surface area (Å²) in [5, 5.41) is 15.2. The molecule has 2 rings (SSSR count). The van der Waals surface area contributed by atoms with E-state index in [0.717, 1.165) is 6.42 Å². The molecule has 2 heterocycles. The number of hydrogen-bond acceptors (Lipinski definition) is 8. The number of nitrogens with one attached hydrogen (secondary N) is 2.